The predicted octanol–water partition coefficient (Wildman–Crippen LogP) is 2.56. The van der Waals surface area contributed by atoms with Gasteiger partial charge in [0.25, 0.3) is 0 Å². The second kappa shape index (κ2) is 5.21. The Morgan fingerprint density at radius 3 is 2.74 bits per heavy atom. The molecule has 4 heteroatoms. The van der Waals surface area contributed by atoms with Crippen LogP contribution in [0, 0.1) is 0 Å². The van der Waals surface area contributed by atoms with Crippen molar-refractivity contribution in [2.24, 2.45) is 0 Å². The molecule has 1 amide bonds. The Morgan fingerprint density at radius 2 is 2.05 bits per heavy atom. The zero-order chi connectivity index (χ0) is 14.0. The summed E-state index contributed by atoms with van der Waals surface area (Å²) in [4.78, 5) is 11.7. The monoisotopic (exact) mass is 263 g/mol. The number of fused-ring (bicyclic) bond motifs is 1. The first kappa shape index (κ1) is 13.9. The van der Waals surface area contributed by atoms with Gasteiger partial charge in [-0.2, -0.15) is 0 Å². The highest BCUT2D eigenvalue weighted by Gasteiger charge is 2.30. The fourth-order valence-electron chi connectivity index (χ4n) is 2.35. The molecule has 0 bridgehead atoms. The van der Waals surface area contributed by atoms with Crippen LogP contribution in [0.25, 0.3) is 0 Å². The second-order valence-electron chi connectivity index (χ2n) is 5.94. The van der Waals surface area contributed by atoms with Crippen LogP contribution in [0.15, 0.2) is 24.3 Å². The van der Waals surface area contributed by atoms with Gasteiger partial charge in [0.1, 0.15) is 5.60 Å². The number of rotatable bonds is 1. The molecule has 2 atom stereocenters. The van der Waals surface area contributed by atoms with Crippen LogP contribution in [0.3, 0.4) is 0 Å². The van der Waals surface area contributed by atoms with Crippen LogP contribution < -0.4 is 5.32 Å². The van der Waals surface area contributed by atoms with Gasteiger partial charge >= 0.3 is 6.09 Å². The van der Waals surface area contributed by atoms with Crippen molar-refractivity contribution in [2.45, 2.75) is 51.4 Å². The van der Waals surface area contributed by atoms with Crippen molar-refractivity contribution in [2.75, 3.05) is 0 Å². The maximum Gasteiger partial charge on any atom is 0.407 e. The van der Waals surface area contributed by atoms with Gasteiger partial charge in [0.2, 0.25) is 0 Å². The number of alkyl carbamates (subject to hydrolysis) is 1. The number of aryl methyl sites for hydroxylation is 1. The zero-order valence-electron chi connectivity index (χ0n) is 11.6. The Labute approximate surface area is 113 Å². The van der Waals surface area contributed by atoms with E-state index in [1.165, 1.54) is 0 Å². The van der Waals surface area contributed by atoms with E-state index in [1.54, 1.807) is 0 Å². The minimum atomic E-state index is -0.669. The zero-order valence-corrected chi connectivity index (χ0v) is 11.6. The molecule has 0 heterocycles. The molecular weight excluding hydrogens is 242 g/mol. The molecule has 104 valence electrons. The molecule has 2 rings (SSSR count). The van der Waals surface area contributed by atoms with E-state index in [4.69, 9.17) is 4.74 Å². The smallest absolute Gasteiger partial charge is 0.407 e. The van der Waals surface area contributed by atoms with E-state index >= 15 is 0 Å². The summed E-state index contributed by atoms with van der Waals surface area (Å²) in [6.45, 7) is 5.46. The van der Waals surface area contributed by atoms with E-state index in [2.05, 4.69) is 5.32 Å². The number of carbonyl (C=O) groups is 1. The fraction of sp³-hybridized carbons (Fsp3) is 0.533. The van der Waals surface area contributed by atoms with E-state index in [9.17, 15) is 9.90 Å². The van der Waals surface area contributed by atoms with E-state index in [0.29, 0.717) is 0 Å². The van der Waals surface area contributed by atoms with Crippen LogP contribution >= 0.6 is 0 Å². The average Bonchev–Trinajstić information content (AvgIpc) is 2.31. The van der Waals surface area contributed by atoms with E-state index in [0.717, 1.165) is 24.0 Å². The van der Waals surface area contributed by atoms with Gasteiger partial charge in [-0.3, -0.25) is 0 Å². The molecule has 1 aromatic rings. The molecule has 1 aromatic carbocycles. The van der Waals surface area contributed by atoms with Crippen molar-refractivity contribution < 1.29 is 14.6 Å². The highest BCUT2D eigenvalue weighted by molar-refractivity contribution is 5.68. The number of aliphatic hydroxyl groups is 1. The van der Waals surface area contributed by atoms with Gasteiger partial charge in [-0.15, -0.1) is 0 Å². The standard InChI is InChI=1S/C15H21NO3/c1-15(2,3)19-14(18)16-12-9-8-10-6-4-5-7-11(10)13(12)17/h4-7,12-13,17H,8-9H2,1-3H3,(H,16,18)/t12-,13-/m1/s1. The number of benzene rings is 1. The van der Waals surface area contributed by atoms with Gasteiger partial charge in [0.05, 0.1) is 12.1 Å². The lowest BCUT2D eigenvalue weighted by Gasteiger charge is -2.31. The maximum atomic E-state index is 11.7. The van der Waals surface area contributed by atoms with Gasteiger partial charge in [-0.1, -0.05) is 24.3 Å². The number of carbonyl (C=O) groups excluding carboxylic acids is 1. The number of aliphatic hydroxyl groups excluding tert-OH is 1. The van der Waals surface area contributed by atoms with Gasteiger partial charge in [0.15, 0.2) is 0 Å². The molecule has 0 saturated carbocycles. The molecule has 0 unspecified atom stereocenters. The summed E-state index contributed by atoms with van der Waals surface area (Å²) >= 11 is 0. The number of hydrogen-bond acceptors (Lipinski definition) is 3. The first-order valence-corrected chi connectivity index (χ1v) is 6.62. The Hall–Kier alpha value is -1.55. The second-order valence-corrected chi connectivity index (χ2v) is 5.94. The average molecular weight is 263 g/mol. The number of nitrogens with one attached hydrogen (secondary N) is 1. The molecule has 0 spiro atoms. The predicted molar refractivity (Wildman–Crippen MR) is 72.9 cm³/mol. The van der Waals surface area contributed by atoms with Crippen LogP contribution in [0.4, 0.5) is 4.79 Å². The fourth-order valence-corrected chi connectivity index (χ4v) is 2.35. The summed E-state index contributed by atoms with van der Waals surface area (Å²) in [6.07, 6.45) is 0.430. The minimum absolute atomic E-state index is 0.287. The van der Waals surface area contributed by atoms with Crippen LogP contribution in [0.2, 0.25) is 0 Å². The van der Waals surface area contributed by atoms with E-state index in [1.807, 2.05) is 45.0 Å². The van der Waals surface area contributed by atoms with Gasteiger partial charge in [-0.25, -0.2) is 4.79 Å². The third-order valence-electron chi connectivity index (χ3n) is 3.18. The molecule has 0 radical (unpaired) electrons. The topological polar surface area (TPSA) is 58.6 Å². The lowest BCUT2D eigenvalue weighted by atomic mass is 9.86. The van der Waals surface area contributed by atoms with Crippen molar-refractivity contribution >= 4 is 6.09 Å². The summed E-state index contributed by atoms with van der Waals surface area (Å²) in [5, 5.41) is 13.1. The SMILES string of the molecule is CC(C)(C)OC(=O)N[C@@H]1CCc2ccccc2[C@H]1O. The molecule has 1 aliphatic carbocycles. The molecule has 2 N–H and O–H groups in total. The molecule has 1 aliphatic rings. The van der Waals surface area contributed by atoms with E-state index < -0.39 is 17.8 Å². The molecule has 19 heavy (non-hydrogen) atoms. The van der Waals surface area contributed by atoms with Crippen LogP contribution in [-0.4, -0.2) is 22.8 Å². The Bertz CT molecular complexity index is 465. The molecule has 0 aliphatic heterocycles. The van der Waals surface area contributed by atoms with Crippen molar-refractivity contribution in [1.82, 2.24) is 5.32 Å². The molecular formula is C15H21NO3. The minimum Gasteiger partial charge on any atom is -0.444 e. The summed E-state index contributed by atoms with van der Waals surface area (Å²) < 4.78 is 5.22. The number of hydrogen-bond donors (Lipinski definition) is 2. The van der Waals surface area contributed by atoms with Gasteiger partial charge in [0, 0.05) is 0 Å². The summed E-state index contributed by atoms with van der Waals surface area (Å²) in [6, 6.07) is 7.50. The molecule has 0 fully saturated rings. The Kier molecular flexibility index (Phi) is 3.80. The summed E-state index contributed by atoms with van der Waals surface area (Å²) in [5.41, 5.74) is 1.52. The summed E-state index contributed by atoms with van der Waals surface area (Å²) in [5.74, 6) is 0. The first-order chi connectivity index (χ1) is 8.87. The van der Waals surface area contributed by atoms with E-state index in [-0.39, 0.29) is 6.04 Å². The van der Waals surface area contributed by atoms with Crippen LogP contribution in [0.5, 0.6) is 0 Å². The van der Waals surface area contributed by atoms with Crippen molar-refractivity contribution in [3.05, 3.63) is 35.4 Å². The molecule has 4 nitrogen and oxygen atoms in total. The van der Waals surface area contributed by atoms with Crippen molar-refractivity contribution in [1.29, 1.82) is 0 Å². The van der Waals surface area contributed by atoms with Gasteiger partial charge in [-0.05, 0) is 44.7 Å². The Balaban J connectivity index is 2.02. The molecule has 0 aromatic heterocycles. The number of ether oxygens (including phenoxy) is 1. The highest BCUT2D eigenvalue weighted by Crippen LogP contribution is 2.29. The van der Waals surface area contributed by atoms with Crippen molar-refractivity contribution in [3.63, 3.8) is 0 Å². The highest BCUT2D eigenvalue weighted by atomic mass is 16.6. The lowest BCUT2D eigenvalue weighted by molar-refractivity contribution is 0.0401. The molecule has 0 saturated heterocycles. The first-order valence-electron chi connectivity index (χ1n) is 6.62. The Morgan fingerprint density at radius 1 is 1.37 bits per heavy atom. The third-order valence-corrected chi connectivity index (χ3v) is 3.18. The number of amides is 1. The van der Waals surface area contributed by atoms with Crippen LogP contribution in [0.1, 0.15) is 44.4 Å². The maximum absolute atomic E-state index is 11.7. The largest absolute Gasteiger partial charge is 0.444 e. The third kappa shape index (κ3) is 3.47. The van der Waals surface area contributed by atoms with Gasteiger partial charge < -0.3 is 15.2 Å². The lowest BCUT2D eigenvalue weighted by Crippen LogP contribution is -2.44. The quantitative estimate of drug-likeness (QED) is 0.818. The summed E-state index contributed by atoms with van der Waals surface area (Å²) in [7, 11) is 0. The van der Waals surface area contributed by atoms with Crippen LogP contribution in [-0.2, 0) is 11.2 Å². The van der Waals surface area contributed by atoms with Crippen molar-refractivity contribution in [3.8, 4) is 0 Å². The normalized spacial score (nSPS) is 22.5.